The molecule has 0 spiro atoms. The van der Waals surface area contributed by atoms with Crippen LogP contribution in [0.3, 0.4) is 0 Å². The predicted octanol–water partition coefficient (Wildman–Crippen LogP) is 4.32. The highest BCUT2D eigenvalue weighted by Crippen LogP contribution is 2.35. The van der Waals surface area contributed by atoms with Crippen molar-refractivity contribution in [2.24, 2.45) is 0 Å². The van der Waals surface area contributed by atoms with Gasteiger partial charge in [-0.05, 0) is 38.0 Å². The lowest BCUT2D eigenvalue weighted by Gasteiger charge is -2.27. The standard InChI is InChI=1S/C16H17BrO/c1-11-8-9-13(12(2)10-11)16(3,18)14-6-4-5-7-15(14)17/h4-10,18H,1-3H3. The summed E-state index contributed by atoms with van der Waals surface area (Å²) in [5.74, 6) is 0. The molecule has 0 amide bonds. The van der Waals surface area contributed by atoms with Crippen LogP contribution in [0.1, 0.15) is 29.2 Å². The van der Waals surface area contributed by atoms with E-state index < -0.39 is 5.60 Å². The van der Waals surface area contributed by atoms with Crippen molar-refractivity contribution in [3.63, 3.8) is 0 Å². The van der Waals surface area contributed by atoms with E-state index in [0.717, 1.165) is 21.2 Å². The Morgan fingerprint density at radius 1 is 1.00 bits per heavy atom. The van der Waals surface area contributed by atoms with Crippen LogP contribution in [-0.2, 0) is 5.60 Å². The number of rotatable bonds is 2. The highest BCUT2D eigenvalue weighted by atomic mass is 79.9. The molecule has 0 radical (unpaired) electrons. The molecule has 0 aromatic heterocycles. The van der Waals surface area contributed by atoms with Gasteiger partial charge in [0.25, 0.3) is 0 Å². The Balaban J connectivity index is 2.58. The molecule has 1 N–H and O–H groups in total. The summed E-state index contributed by atoms with van der Waals surface area (Å²) in [6.45, 7) is 5.93. The largest absolute Gasteiger partial charge is 0.381 e. The maximum atomic E-state index is 10.9. The van der Waals surface area contributed by atoms with Crippen molar-refractivity contribution in [1.29, 1.82) is 0 Å². The van der Waals surface area contributed by atoms with Crippen molar-refractivity contribution < 1.29 is 5.11 Å². The van der Waals surface area contributed by atoms with Crippen LogP contribution in [0.4, 0.5) is 0 Å². The summed E-state index contributed by atoms with van der Waals surface area (Å²) in [7, 11) is 0. The van der Waals surface area contributed by atoms with Gasteiger partial charge in [0, 0.05) is 10.0 Å². The van der Waals surface area contributed by atoms with E-state index in [-0.39, 0.29) is 0 Å². The summed E-state index contributed by atoms with van der Waals surface area (Å²) in [4.78, 5) is 0. The normalized spacial score (nSPS) is 14.3. The molecule has 2 heteroatoms. The molecule has 1 unspecified atom stereocenters. The lowest BCUT2D eigenvalue weighted by molar-refractivity contribution is 0.101. The summed E-state index contributed by atoms with van der Waals surface area (Å²) >= 11 is 3.51. The second-order valence-electron chi connectivity index (χ2n) is 4.87. The van der Waals surface area contributed by atoms with Crippen molar-refractivity contribution in [2.75, 3.05) is 0 Å². The van der Waals surface area contributed by atoms with Gasteiger partial charge in [0.15, 0.2) is 0 Å². The Hall–Kier alpha value is -1.12. The zero-order valence-corrected chi connectivity index (χ0v) is 12.5. The molecule has 94 valence electrons. The van der Waals surface area contributed by atoms with Crippen LogP contribution in [0.2, 0.25) is 0 Å². The topological polar surface area (TPSA) is 20.2 Å². The summed E-state index contributed by atoms with van der Waals surface area (Å²) < 4.78 is 0.926. The molecule has 18 heavy (non-hydrogen) atoms. The van der Waals surface area contributed by atoms with Gasteiger partial charge in [0.2, 0.25) is 0 Å². The molecule has 2 rings (SSSR count). The van der Waals surface area contributed by atoms with Crippen molar-refractivity contribution in [1.82, 2.24) is 0 Å². The highest BCUT2D eigenvalue weighted by Gasteiger charge is 2.28. The van der Waals surface area contributed by atoms with E-state index in [1.165, 1.54) is 5.56 Å². The van der Waals surface area contributed by atoms with Gasteiger partial charge in [-0.3, -0.25) is 0 Å². The fourth-order valence-electron chi connectivity index (χ4n) is 2.36. The first-order chi connectivity index (χ1) is 8.43. The van der Waals surface area contributed by atoms with Gasteiger partial charge in [-0.1, -0.05) is 57.9 Å². The summed E-state index contributed by atoms with van der Waals surface area (Å²) in [6.07, 6.45) is 0. The van der Waals surface area contributed by atoms with E-state index in [4.69, 9.17) is 0 Å². The third kappa shape index (κ3) is 2.36. The van der Waals surface area contributed by atoms with Gasteiger partial charge in [-0.25, -0.2) is 0 Å². The number of aryl methyl sites for hydroxylation is 2. The number of benzene rings is 2. The Morgan fingerprint density at radius 2 is 1.67 bits per heavy atom. The lowest BCUT2D eigenvalue weighted by Crippen LogP contribution is -2.24. The van der Waals surface area contributed by atoms with Crippen LogP contribution < -0.4 is 0 Å². The first kappa shape index (κ1) is 13.3. The molecule has 0 heterocycles. The number of aliphatic hydroxyl groups is 1. The molecule has 1 nitrogen and oxygen atoms in total. The molecule has 0 aliphatic carbocycles. The zero-order chi connectivity index (χ0) is 13.3. The van der Waals surface area contributed by atoms with Crippen molar-refractivity contribution in [3.8, 4) is 0 Å². The Bertz CT molecular complexity index is 573. The minimum atomic E-state index is -0.988. The van der Waals surface area contributed by atoms with E-state index in [9.17, 15) is 5.11 Å². The van der Waals surface area contributed by atoms with Gasteiger partial charge in [-0.2, -0.15) is 0 Å². The molecule has 2 aromatic rings. The van der Waals surface area contributed by atoms with Gasteiger partial charge < -0.3 is 5.11 Å². The first-order valence-electron chi connectivity index (χ1n) is 5.98. The molecule has 0 aliphatic heterocycles. The van der Waals surface area contributed by atoms with Crippen molar-refractivity contribution in [2.45, 2.75) is 26.4 Å². The number of hydrogen-bond donors (Lipinski definition) is 1. The minimum Gasteiger partial charge on any atom is -0.381 e. The van der Waals surface area contributed by atoms with Crippen LogP contribution in [0, 0.1) is 13.8 Å². The maximum absolute atomic E-state index is 10.9. The van der Waals surface area contributed by atoms with E-state index >= 15 is 0 Å². The monoisotopic (exact) mass is 304 g/mol. The molecule has 0 saturated carbocycles. The van der Waals surface area contributed by atoms with E-state index in [0.29, 0.717) is 0 Å². The molecule has 1 atom stereocenters. The van der Waals surface area contributed by atoms with Gasteiger partial charge >= 0.3 is 0 Å². The smallest absolute Gasteiger partial charge is 0.113 e. The third-order valence-corrected chi connectivity index (χ3v) is 4.00. The number of hydrogen-bond acceptors (Lipinski definition) is 1. The van der Waals surface area contributed by atoms with Crippen LogP contribution >= 0.6 is 15.9 Å². The second kappa shape index (κ2) is 4.87. The van der Waals surface area contributed by atoms with Crippen LogP contribution in [0.5, 0.6) is 0 Å². The fraction of sp³-hybridized carbons (Fsp3) is 0.250. The number of halogens is 1. The third-order valence-electron chi connectivity index (χ3n) is 3.30. The molecule has 0 bridgehead atoms. The molecule has 0 fully saturated rings. The Morgan fingerprint density at radius 3 is 2.28 bits per heavy atom. The van der Waals surface area contributed by atoms with Gasteiger partial charge in [0.1, 0.15) is 5.60 Å². The maximum Gasteiger partial charge on any atom is 0.113 e. The fourth-order valence-corrected chi connectivity index (χ4v) is 3.03. The summed E-state index contributed by atoms with van der Waals surface area (Å²) in [5, 5.41) is 10.9. The highest BCUT2D eigenvalue weighted by molar-refractivity contribution is 9.10. The predicted molar refractivity (Wildman–Crippen MR) is 78.7 cm³/mol. The quantitative estimate of drug-likeness (QED) is 0.876. The molecular weight excluding hydrogens is 288 g/mol. The Labute approximate surface area is 117 Å². The van der Waals surface area contributed by atoms with Crippen LogP contribution in [0.15, 0.2) is 46.9 Å². The molecule has 0 aliphatic rings. The zero-order valence-electron chi connectivity index (χ0n) is 10.9. The lowest BCUT2D eigenvalue weighted by atomic mass is 9.85. The van der Waals surface area contributed by atoms with Crippen LogP contribution in [0.25, 0.3) is 0 Å². The minimum absolute atomic E-state index is 0.886. The SMILES string of the molecule is Cc1ccc(C(C)(O)c2ccccc2Br)c(C)c1. The summed E-state index contributed by atoms with van der Waals surface area (Å²) in [6, 6.07) is 13.9. The van der Waals surface area contributed by atoms with E-state index in [2.05, 4.69) is 28.9 Å². The summed E-state index contributed by atoms with van der Waals surface area (Å²) in [5.41, 5.74) is 3.16. The molecular formula is C16H17BrO. The van der Waals surface area contributed by atoms with E-state index in [1.54, 1.807) is 0 Å². The van der Waals surface area contributed by atoms with Crippen LogP contribution in [-0.4, -0.2) is 5.11 Å². The Kier molecular flexibility index (Phi) is 3.60. The van der Waals surface area contributed by atoms with Crippen molar-refractivity contribution in [3.05, 3.63) is 69.2 Å². The molecule has 2 aromatic carbocycles. The average Bonchev–Trinajstić information content (AvgIpc) is 2.28. The first-order valence-corrected chi connectivity index (χ1v) is 6.77. The van der Waals surface area contributed by atoms with Gasteiger partial charge in [-0.15, -0.1) is 0 Å². The van der Waals surface area contributed by atoms with Crippen molar-refractivity contribution >= 4 is 15.9 Å². The van der Waals surface area contributed by atoms with E-state index in [1.807, 2.05) is 50.2 Å². The second-order valence-corrected chi connectivity index (χ2v) is 5.72. The van der Waals surface area contributed by atoms with Gasteiger partial charge in [0.05, 0.1) is 0 Å². The average molecular weight is 305 g/mol. The molecule has 0 saturated heterocycles.